The average molecular weight is 269 g/mol. The maximum Gasteiger partial charge on any atom is 0.250 e. The monoisotopic (exact) mass is 269 g/mol. The normalized spacial score (nSPS) is 30.1. The van der Waals surface area contributed by atoms with E-state index in [4.69, 9.17) is 0 Å². The second-order valence-electron chi connectivity index (χ2n) is 6.82. The lowest BCUT2D eigenvalue weighted by molar-refractivity contribution is -0.125. The lowest BCUT2D eigenvalue weighted by Gasteiger charge is -2.54. The van der Waals surface area contributed by atoms with E-state index in [1.807, 2.05) is 36.1 Å². The highest BCUT2D eigenvalue weighted by Gasteiger charge is 2.61. The summed E-state index contributed by atoms with van der Waals surface area (Å²) in [5.74, 6) is 0.240. The van der Waals surface area contributed by atoms with E-state index >= 15 is 0 Å². The van der Waals surface area contributed by atoms with Crippen molar-refractivity contribution in [3.8, 4) is 0 Å². The molecule has 1 amide bonds. The number of allylic oxidation sites excluding steroid dienone is 1. The maximum atomic E-state index is 12.7. The van der Waals surface area contributed by atoms with Gasteiger partial charge in [0.2, 0.25) is 5.91 Å². The van der Waals surface area contributed by atoms with Gasteiger partial charge in [0.05, 0.1) is 0 Å². The van der Waals surface area contributed by atoms with Crippen molar-refractivity contribution in [1.29, 1.82) is 0 Å². The summed E-state index contributed by atoms with van der Waals surface area (Å²) in [6, 6.07) is 10.3. The number of benzene rings is 1. The Morgan fingerprint density at radius 2 is 1.90 bits per heavy atom. The van der Waals surface area contributed by atoms with Crippen LogP contribution in [0.5, 0.6) is 0 Å². The van der Waals surface area contributed by atoms with E-state index in [9.17, 15) is 4.79 Å². The molecule has 1 aliphatic carbocycles. The van der Waals surface area contributed by atoms with Gasteiger partial charge in [-0.2, -0.15) is 0 Å². The molecule has 20 heavy (non-hydrogen) atoms. The quantitative estimate of drug-likeness (QED) is 0.748. The summed E-state index contributed by atoms with van der Waals surface area (Å²) in [5.41, 5.74) is 2.60. The van der Waals surface area contributed by atoms with Crippen LogP contribution >= 0.6 is 0 Å². The molecular weight excluding hydrogens is 246 g/mol. The predicted octanol–water partition coefficient (Wildman–Crippen LogP) is 3.78. The van der Waals surface area contributed by atoms with E-state index in [0.29, 0.717) is 0 Å². The van der Waals surface area contributed by atoms with Crippen molar-refractivity contribution in [2.24, 2.45) is 10.8 Å². The van der Waals surface area contributed by atoms with Gasteiger partial charge < -0.3 is 4.90 Å². The molecule has 0 radical (unpaired) electrons. The largest absolute Gasteiger partial charge is 0.334 e. The third-order valence-corrected chi connectivity index (χ3v) is 5.47. The fraction of sp³-hybridized carbons (Fsp3) is 0.500. The van der Waals surface area contributed by atoms with Crippen LogP contribution in [-0.4, -0.2) is 17.4 Å². The number of carbonyl (C=O) groups excluding carboxylic acids is 1. The molecule has 1 aromatic rings. The summed E-state index contributed by atoms with van der Waals surface area (Å²) in [6.45, 7) is 8.23. The van der Waals surface area contributed by atoms with Crippen LogP contribution in [0.15, 0.2) is 42.0 Å². The zero-order valence-electron chi connectivity index (χ0n) is 12.6. The van der Waals surface area contributed by atoms with Crippen LogP contribution in [0.2, 0.25) is 0 Å². The van der Waals surface area contributed by atoms with E-state index < -0.39 is 0 Å². The number of amides is 1. The van der Waals surface area contributed by atoms with Crippen LogP contribution in [0.25, 0.3) is 0 Å². The van der Waals surface area contributed by atoms with Crippen LogP contribution in [0.4, 0.5) is 0 Å². The fourth-order valence-corrected chi connectivity index (χ4v) is 3.91. The summed E-state index contributed by atoms with van der Waals surface area (Å²) in [5, 5.41) is 0. The molecule has 1 spiro atoms. The molecule has 1 aliphatic heterocycles. The smallest absolute Gasteiger partial charge is 0.250 e. The Balaban J connectivity index is 1.88. The third kappa shape index (κ3) is 1.74. The van der Waals surface area contributed by atoms with Crippen molar-refractivity contribution >= 4 is 5.91 Å². The Morgan fingerprint density at radius 3 is 2.35 bits per heavy atom. The third-order valence-electron chi connectivity index (χ3n) is 5.47. The SMILES string of the molecule is C/C=C1\C(=O)N(Cc2ccccc2)CC12CCC2(C)C. The Kier molecular flexibility index (Phi) is 3.00. The summed E-state index contributed by atoms with van der Waals surface area (Å²) in [4.78, 5) is 14.7. The van der Waals surface area contributed by atoms with Crippen molar-refractivity contribution in [3.63, 3.8) is 0 Å². The molecule has 1 unspecified atom stereocenters. The van der Waals surface area contributed by atoms with Crippen LogP contribution < -0.4 is 0 Å². The number of hydrogen-bond acceptors (Lipinski definition) is 1. The lowest BCUT2D eigenvalue weighted by Crippen LogP contribution is -2.50. The van der Waals surface area contributed by atoms with Crippen molar-refractivity contribution < 1.29 is 4.79 Å². The van der Waals surface area contributed by atoms with E-state index in [2.05, 4.69) is 26.0 Å². The van der Waals surface area contributed by atoms with Crippen LogP contribution in [0.3, 0.4) is 0 Å². The minimum Gasteiger partial charge on any atom is -0.334 e. The number of likely N-dealkylation sites (tertiary alicyclic amines) is 1. The minimum atomic E-state index is 0.0909. The summed E-state index contributed by atoms with van der Waals surface area (Å²) >= 11 is 0. The zero-order valence-corrected chi connectivity index (χ0v) is 12.6. The molecular formula is C18H23NO. The molecule has 1 saturated carbocycles. The summed E-state index contributed by atoms with van der Waals surface area (Å²) in [7, 11) is 0. The highest BCUT2D eigenvalue weighted by Crippen LogP contribution is 2.63. The Hall–Kier alpha value is -1.57. The van der Waals surface area contributed by atoms with E-state index in [-0.39, 0.29) is 16.7 Å². The van der Waals surface area contributed by atoms with Crippen LogP contribution in [0.1, 0.15) is 39.2 Å². The van der Waals surface area contributed by atoms with E-state index in [1.165, 1.54) is 12.0 Å². The molecule has 1 saturated heterocycles. The number of rotatable bonds is 2. The standard InChI is InChI=1S/C18H23NO/c1-4-15-16(20)19(12-14-8-6-5-7-9-14)13-18(15)11-10-17(18,2)3/h4-9H,10-13H2,1-3H3/b15-4+. The second kappa shape index (κ2) is 4.47. The molecule has 2 heteroatoms. The molecule has 0 bridgehead atoms. The van der Waals surface area contributed by atoms with Gasteiger partial charge in [0, 0.05) is 24.1 Å². The van der Waals surface area contributed by atoms with Gasteiger partial charge in [0.1, 0.15) is 0 Å². The van der Waals surface area contributed by atoms with E-state index in [1.54, 1.807) is 0 Å². The van der Waals surface area contributed by atoms with Gasteiger partial charge in [-0.05, 0) is 30.7 Å². The Morgan fingerprint density at radius 1 is 1.20 bits per heavy atom. The molecule has 2 fully saturated rings. The van der Waals surface area contributed by atoms with Gasteiger partial charge in [0.25, 0.3) is 0 Å². The van der Waals surface area contributed by atoms with Crippen LogP contribution in [0, 0.1) is 10.8 Å². The molecule has 1 heterocycles. The van der Waals surface area contributed by atoms with E-state index in [0.717, 1.165) is 25.1 Å². The van der Waals surface area contributed by atoms with Crippen molar-refractivity contribution in [2.75, 3.05) is 6.54 Å². The summed E-state index contributed by atoms with van der Waals surface area (Å²) in [6.07, 6.45) is 4.42. The Labute approximate surface area is 121 Å². The average Bonchev–Trinajstić information content (AvgIpc) is 2.74. The van der Waals surface area contributed by atoms with Gasteiger partial charge >= 0.3 is 0 Å². The predicted molar refractivity (Wildman–Crippen MR) is 81.1 cm³/mol. The van der Waals surface area contributed by atoms with Gasteiger partial charge in [0.15, 0.2) is 0 Å². The number of carbonyl (C=O) groups is 1. The van der Waals surface area contributed by atoms with Crippen molar-refractivity contribution in [3.05, 3.63) is 47.5 Å². The van der Waals surface area contributed by atoms with Crippen molar-refractivity contribution in [1.82, 2.24) is 4.90 Å². The van der Waals surface area contributed by atoms with Crippen LogP contribution in [-0.2, 0) is 11.3 Å². The second-order valence-corrected chi connectivity index (χ2v) is 6.82. The first-order chi connectivity index (χ1) is 9.50. The highest BCUT2D eigenvalue weighted by atomic mass is 16.2. The van der Waals surface area contributed by atoms with Gasteiger partial charge in [-0.3, -0.25) is 4.79 Å². The first-order valence-electron chi connectivity index (χ1n) is 7.50. The zero-order chi connectivity index (χ0) is 14.4. The topological polar surface area (TPSA) is 20.3 Å². The Bertz CT molecular complexity index is 558. The first kappa shape index (κ1) is 13.4. The number of nitrogens with zero attached hydrogens (tertiary/aromatic N) is 1. The van der Waals surface area contributed by atoms with Crippen molar-refractivity contribution in [2.45, 2.75) is 40.2 Å². The molecule has 2 nitrogen and oxygen atoms in total. The lowest BCUT2D eigenvalue weighted by atomic mass is 9.49. The fourth-order valence-electron chi connectivity index (χ4n) is 3.91. The molecule has 0 aromatic heterocycles. The first-order valence-corrected chi connectivity index (χ1v) is 7.50. The summed E-state index contributed by atoms with van der Waals surface area (Å²) < 4.78 is 0. The molecule has 2 aliphatic rings. The van der Waals surface area contributed by atoms with Gasteiger partial charge in [-0.25, -0.2) is 0 Å². The molecule has 1 aromatic carbocycles. The number of hydrogen-bond donors (Lipinski definition) is 0. The molecule has 106 valence electrons. The van der Waals surface area contributed by atoms with Gasteiger partial charge in [-0.1, -0.05) is 50.3 Å². The highest BCUT2D eigenvalue weighted by molar-refractivity contribution is 5.98. The molecule has 0 N–H and O–H groups in total. The minimum absolute atomic E-state index is 0.0909. The van der Waals surface area contributed by atoms with Gasteiger partial charge in [-0.15, -0.1) is 0 Å². The molecule has 1 atom stereocenters. The molecule has 3 rings (SSSR count). The maximum absolute atomic E-state index is 12.7.